The van der Waals surface area contributed by atoms with Gasteiger partial charge in [0.1, 0.15) is 5.82 Å². The molecule has 1 atom stereocenters. The molecule has 2 aromatic carbocycles. The lowest BCUT2D eigenvalue weighted by Gasteiger charge is -2.34. The number of anilines is 1. The van der Waals surface area contributed by atoms with Crippen LogP contribution in [0.3, 0.4) is 0 Å². The number of nitrogens with zero attached hydrogens (tertiary/aromatic N) is 3. The van der Waals surface area contributed by atoms with E-state index < -0.39 is 15.8 Å². The maximum Gasteiger partial charge on any atom is 0.254 e. The highest BCUT2D eigenvalue weighted by atomic mass is 32.2. The summed E-state index contributed by atoms with van der Waals surface area (Å²) >= 11 is 0. The quantitative estimate of drug-likeness (QED) is 0.707. The average molecular weight is 460 g/mol. The Morgan fingerprint density at radius 3 is 2.34 bits per heavy atom. The fraction of sp³-hybridized carbons (Fsp3) is 0.391. The molecule has 1 saturated heterocycles. The molecule has 4 rings (SSSR count). The third-order valence-corrected chi connectivity index (χ3v) is 8.08. The molecule has 2 heterocycles. The van der Waals surface area contributed by atoms with Crippen LogP contribution in [0.15, 0.2) is 41.3 Å². The van der Waals surface area contributed by atoms with Gasteiger partial charge in [-0.3, -0.25) is 9.59 Å². The lowest BCUT2D eigenvalue weighted by Crippen LogP contribution is -2.50. The molecule has 1 unspecified atom stereocenters. The molecule has 170 valence electrons. The molecule has 0 aromatic heterocycles. The summed E-state index contributed by atoms with van der Waals surface area (Å²) in [5.41, 5.74) is 2.31. The van der Waals surface area contributed by atoms with E-state index in [1.165, 1.54) is 23.4 Å². The zero-order chi connectivity index (χ0) is 23.2. The van der Waals surface area contributed by atoms with Gasteiger partial charge in [0.25, 0.3) is 5.91 Å². The first-order valence-electron chi connectivity index (χ1n) is 10.6. The molecular formula is C23H26FN3O4S. The Morgan fingerprint density at radius 1 is 1.03 bits per heavy atom. The summed E-state index contributed by atoms with van der Waals surface area (Å²) in [6, 6.07) is 9.23. The van der Waals surface area contributed by atoms with Crippen LogP contribution in [0.4, 0.5) is 10.1 Å². The van der Waals surface area contributed by atoms with E-state index in [1.54, 1.807) is 41.0 Å². The number of sulfonamides is 1. The normalized spacial score (nSPS) is 19.2. The van der Waals surface area contributed by atoms with Crippen molar-refractivity contribution in [3.05, 3.63) is 58.9 Å². The van der Waals surface area contributed by atoms with Gasteiger partial charge in [-0.25, -0.2) is 12.8 Å². The molecule has 2 aliphatic heterocycles. The fourth-order valence-corrected chi connectivity index (χ4v) is 5.91. The van der Waals surface area contributed by atoms with Crippen molar-refractivity contribution >= 4 is 27.5 Å². The molecule has 2 aliphatic rings. The fourth-order valence-electron chi connectivity index (χ4n) is 4.44. The van der Waals surface area contributed by atoms with Crippen LogP contribution >= 0.6 is 0 Å². The van der Waals surface area contributed by atoms with Crippen molar-refractivity contribution in [1.29, 1.82) is 0 Å². The van der Waals surface area contributed by atoms with E-state index in [0.29, 0.717) is 12.0 Å². The Balaban J connectivity index is 1.48. The van der Waals surface area contributed by atoms with Gasteiger partial charge >= 0.3 is 0 Å². The van der Waals surface area contributed by atoms with Gasteiger partial charge in [-0.15, -0.1) is 0 Å². The number of fused-ring (bicyclic) bond motifs is 1. The summed E-state index contributed by atoms with van der Waals surface area (Å²) in [6.45, 7) is 5.85. The molecule has 32 heavy (non-hydrogen) atoms. The van der Waals surface area contributed by atoms with Crippen LogP contribution < -0.4 is 4.90 Å². The number of carbonyl (C=O) groups is 2. The first-order valence-corrected chi connectivity index (χ1v) is 12.0. The standard InChI is InChI=1S/C23H26FN3O4S/c1-15-4-5-18(14-21(15)24)23(29)25-8-10-26(11-9-25)32(30,31)20-6-7-22-19(13-20)12-16(2)27(22)17(3)28/h4-7,13-14,16H,8-12H2,1-3H3. The molecule has 2 aromatic rings. The van der Waals surface area contributed by atoms with Gasteiger partial charge in [-0.05, 0) is 61.7 Å². The van der Waals surface area contributed by atoms with E-state index in [1.807, 2.05) is 6.92 Å². The largest absolute Gasteiger partial charge is 0.336 e. The number of hydrogen-bond donors (Lipinski definition) is 0. The predicted molar refractivity (Wildman–Crippen MR) is 119 cm³/mol. The van der Waals surface area contributed by atoms with E-state index in [0.717, 1.165) is 11.3 Å². The summed E-state index contributed by atoms with van der Waals surface area (Å²) in [5.74, 6) is -0.816. The molecule has 9 heteroatoms. The van der Waals surface area contributed by atoms with Crippen LogP contribution in [0.2, 0.25) is 0 Å². The zero-order valence-electron chi connectivity index (χ0n) is 18.3. The van der Waals surface area contributed by atoms with Gasteiger partial charge in [-0.2, -0.15) is 4.31 Å². The number of benzene rings is 2. The molecule has 0 radical (unpaired) electrons. The van der Waals surface area contributed by atoms with Crippen LogP contribution in [-0.2, 0) is 21.2 Å². The second-order valence-corrected chi connectivity index (χ2v) is 10.3. The Morgan fingerprint density at radius 2 is 1.72 bits per heavy atom. The SMILES string of the molecule is CC(=O)N1c2ccc(S(=O)(=O)N3CCN(C(=O)c4ccc(C)c(F)c4)CC3)cc2CC1C. The highest BCUT2D eigenvalue weighted by Crippen LogP contribution is 2.34. The Hall–Kier alpha value is -2.78. The third kappa shape index (κ3) is 3.91. The van der Waals surface area contributed by atoms with E-state index in [-0.39, 0.29) is 54.5 Å². The van der Waals surface area contributed by atoms with Crippen molar-refractivity contribution in [1.82, 2.24) is 9.21 Å². The van der Waals surface area contributed by atoms with Crippen LogP contribution in [0.5, 0.6) is 0 Å². The predicted octanol–water partition coefficient (Wildman–Crippen LogP) is 2.58. The number of hydrogen-bond acceptors (Lipinski definition) is 4. The number of aryl methyl sites for hydroxylation is 1. The summed E-state index contributed by atoms with van der Waals surface area (Å²) in [5, 5.41) is 0. The van der Waals surface area contributed by atoms with Crippen molar-refractivity contribution in [3.63, 3.8) is 0 Å². The summed E-state index contributed by atoms with van der Waals surface area (Å²) in [6.07, 6.45) is 0.605. The van der Waals surface area contributed by atoms with Gasteiger partial charge in [0.2, 0.25) is 15.9 Å². The molecule has 0 N–H and O–H groups in total. The third-order valence-electron chi connectivity index (χ3n) is 6.19. The number of halogens is 1. The summed E-state index contributed by atoms with van der Waals surface area (Å²) in [7, 11) is -3.73. The molecule has 2 amide bonds. The molecule has 0 spiro atoms. The van der Waals surface area contributed by atoms with Gasteiger partial charge in [0.05, 0.1) is 4.90 Å². The lowest BCUT2D eigenvalue weighted by molar-refractivity contribution is -0.116. The molecule has 1 fully saturated rings. The minimum atomic E-state index is -3.73. The first-order chi connectivity index (χ1) is 15.1. The Labute approximate surface area is 187 Å². The Kier molecular flexibility index (Phi) is 5.81. The highest BCUT2D eigenvalue weighted by molar-refractivity contribution is 7.89. The molecule has 0 bridgehead atoms. The Bertz CT molecular complexity index is 1190. The van der Waals surface area contributed by atoms with Gasteiger partial charge < -0.3 is 9.80 Å². The first kappa shape index (κ1) is 22.4. The average Bonchev–Trinajstić information content (AvgIpc) is 3.10. The monoisotopic (exact) mass is 459 g/mol. The van der Waals surface area contributed by atoms with Crippen LogP contribution in [-0.4, -0.2) is 61.7 Å². The van der Waals surface area contributed by atoms with Gasteiger partial charge in [-0.1, -0.05) is 6.07 Å². The van der Waals surface area contributed by atoms with E-state index >= 15 is 0 Å². The minimum absolute atomic E-state index is 0.0124. The van der Waals surface area contributed by atoms with Crippen molar-refractivity contribution in [2.24, 2.45) is 0 Å². The highest BCUT2D eigenvalue weighted by Gasteiger charge is 2.34. The van der Waals surface area contributed by atoms with Crippen molar-refractivity contribution < 1.29 is 22.4 Å². The summed E-state index contributed by atoms with van der Waals surface area (Å²) in [4.78, 5) is 28.0. The van der Waals surface area contributed by atoms with Crippen LogP contribution in [0, 0.1) is 12.7 Å². The van der Waals surface area contributed by atoms with Crippen molar-refractivity contribution in [2.75, 3.05) is 31.1 Å². The van der Waals surface area contributed by atoms with E-state index in [4.69, 9.17) is 0 Å². The maximum absolute atomic E-state index is 13.8. The number of piperazine rings is 1. The maximum atomic E-state index is 13.8. The van der Waals surface area contributed by atoms with Crippen molar-refractivity contribution in [2.45, 2.75) is 38.1 Å². The van der Waals surface area contributed by atoms with Crippen LogP contribution in [0.1, 0.15) is 35.3 Å². The second kappa shape index (κ2) is 8.29. The number of carbonyl (C=O) groups excluding carboxylic acids is 2. The topological polar surface area (TPSA) is 78.0 Å². The second-order valence-electron chi connectivity index (χ2n) is 8.39. The van der Waals surface area contributed by atoms with Crippen molar-refractivity contribution in [3.8, 4) is 0 Å². The smallest absolute Gasteiger partial charge is 0.254 e. The number of rotatable bonds is 3. The lowest BCUT2D eigenvalue weighted by atomic mass is 10.1. The molecule has 7 nitrogen and oxygen atoms in total. The molecule has 0 saturated carbocycles. The summed E-state index contributed by atoms with van der Waals surface area (Å²) < 4.78 is 41.6. The van der Waals surface area contributed by atoms with Crippen LogP contribution in [0.25, 0.3) is 0 Å². The van der Waals surface area contributed by atoms with Gasteiger partial charge in [0.15, 0.2) is 0 Å². The zero-order valence-corrected chi connectivity index (χ0v) is 19.2. The minimum Gasteiger partial charge on any atom is -0.336 e. The molecule has 0 aliphatic carbocycles. The van der Waals surface area contributed by atoms with E-state index in [9.17, 15) is 22.4 Å². The van der Waals surface area contributed by atoms with Gasteiger partial charge in [0, 0.05) is 50.4 Å². The number of amides is 2. The van der Waals surface area contributed by atoms with E-state index in [2.05, 4.69) is 0 Å². The molecular weight excluding hydrogens is 433 g/mol.